The van der Waals surface area contributed by atoms with Crippen molar-refractivity contribution in [2.24, 2.45) is 0 Å². The molecular formula is C15H18N2O2. The maximum absolute atomic E-state index is 11.6. The summed E-state index contributed by atoms with van der Waals surface area (Å²) in [7, 11) is 0. The van der Waals surface area contributed by atoms with Crippen molar-refractivity contribution in [2.45, 2.75) is 26.4 Å². The van der Waals surface area contributed by atoms with Crippen molar-refractivity contribution in [1.82, 2.24) is 10.3 Å². The first-order valence-electron chi connectivity index (χ1n) is 6.35. The number of rotatable bonds is 4. The van der Waals surface area contributed by atoms with Gasteiger partial charge in [-0.1, -0.05) is 17.7 Å². The number of amides is 1. The summed E-state index contributed by atoms with van der Waals surface area (Å²) in [6.45, 7) is 3.94. The second kappa shape index (κ2) is 5.80. The smallest absolute Gasteiger partial charge is 0.226 e. The molecule has 1 amide bonds. The van der Waals surface area contributed by atoms with Crippen molar-refractivity contribution in [1.29, 1.82) is 0 Å². The van der Waals surface area contributed by atoms with E-state index < -0.39 is 6.10 Å². The van der Waals surface area contributed by atoms with E-state index in [0.717, 1.165) is 16.6 Å². The van der Waals surface area contributed by atoms with Crippen LogP contribution in [-0.4, -0.2) is 28.6 Å². The number of aliphatic hydroxyl groups excluding tert-OH is 1. The minimum atomic E-state index is -0.531. The molecule has 2 aromatic rings. The minimum absolute atomic E-state index is 0.125. The standard InChI is InChI=1S/C15H18N2O2/c1-10-3-6-14-12(7-10)4-5-13(17-14)8-15(19)16-9-11(2)18/h3-7,11,18H,8-9H2,1-2H3,(H,16,19). The van der Waals surface area contributed by atoms with Gasteiger partial charge in [0.05, 0.1) is 23.7 Å². The predicted octanol–water partition coefficient (Wildman–Crippen LogP) is 1.58. The van der Waals surface area contributed by atoms with Crippen LogP contribution >= 0.6 is 0 Å². The highest BCUT2D eigenvalue weighted by molar-refractivity contribution is 5.82. The number of aryl methyl sites for hydroxylation is 1. The topological polar surface area (TPSA) is 62.2 Å². The van der Waals surface area contributed by atoms with Crippen LogP contribution in [0.2, 0.25) is 0 Å². The average molecular weight is 258 g/mol. The van der Waals surface area contributed by atoms with Crippen LogP contribution in [0.1, 0.15) is 18.2 Å². The molecule has 0 aliphatic carbocycles. The van der Waals surface area contributed by atoms with Crippen molar-refractivity contribution in [2.75, 3.05) is 6.54 Å². The number of benzene rings is 1. The SMILES string of the molecule is Cc1ccc2nc(CC(=O)NCC(C)O)ccc2c1. The fourth-order valence-electron chi connectivity index (χ4n) is 1.87. The van der Waals surface area contributed by atoms with E-state index in [-0.39, 0.29) is 18.9 Å². The molecule has 0 radical (unpaired) electrons. The van der Waals surface area contributed by atoms with Crippen molar-refractivity contribution >= 4 is 16.8 Å². The summed E-state index contributed by atoms with van der Waals surface area (Å²) in [5, 5.41) is 12.8. The summed E-state index contributed by atoms with van der Waals surface area (Å²) in [4.78, 5) is 16.1. The fraction of sp³-hybridized carbons (Fsp3) is 0.333. The Bertz CT molecular complexity index is 594. The van der Waals surface area contributed by atoms with Gasteiger partial charge in [0.15, 0.2) is 0 Å². The van der Waals surface area contributed by atoms with Crippen molar-refractivity contribution in [3.63, 3.8) is 0 Å². The molecule has 2 rings (SSSR count). The molecule has 1 aromatic heterocycles. The lowest BCUT2D eigenvalue weighted by atomic mass is 10.1. The third-order valence-electron chi connectivity index (χ3n) is 2.84. The summed E-state index contributed by atoms with van der Waals surface area (Å²) >= 11 is 0. The van der Waals surface area contributed by atoms with E-state index in [9.17, 15) is 4.79 Å². The molecule has 0 bridgehead atoms. The molecule has 0 aliphatic heterocycles. The molecule has 4 heteroatoms. The van der Waals surface area contributed by atoms with Gasteiger partial charge < -0.3 is 10.4 Å². The highest BCUT2D eigenvalue weighted by Crippen LogP contribution is 2.14. The predicted molar refractivity (Wildman–Crippen MR) is 74.9 cm³/mol. The summed E-state index contributed by atoms with van der Waals surface area (Å²) in [5.74, 6) is -0.125. The van der Waals surface area contributed by atoms with Gasteiger partial charge >= 0.3 is 0 Å². The zero-order valence-electron chi connectivity index (χ0n) is 11.2. The van der Waals surface area contributed by atoms with Crippen LogP contribution in [-0.2, 0) is 11.2 Å². The first kappa shape index (κ1) is 13.5. The van der Waals surface area contributed by atoms with Gasteiger partial charge in [-0.3, -0.25) is 9.78 Å². The third kappa shape index (κ3) is 3.76. The summed E-state index contributed by atoms with van der Waals surface area (Å²) in [5.41, 5.74) is 2.82. The molecule has 1 heterocycles. The maximum Gasteiger partial charge on any atom is 0.226 e. The Kier molecular flexibility index (Phi) is 4.12. The van der Waals surface area contributed by atoms with Gasteiger partial charge in [0.25, 0.3) is 0 Å². The molecule has 4 nitrogen and oxygen atoms in total. The molecule has 1 unspecified atom stereocenters. The van der Waals surface area contributed by atoms with Gasteiger partial charge in [0.2, 0.25) is 5.91 Å². The van der Waals surface area contributed by atoms with E-state index in [4.69, 9.17) is 5.11 Å². The van der Waals surface area contributed by atoms with Crippen molar-refractivity contribution < 1.29 is 9.90 Å². The highest BCUT2D eigenvalue weighted by atomic mass is 16.3. The van der Waals surface area contributed by atoms with Crippen molar-refractivity contribution in [3.8, 4) is 0 Å². The monoisotopic (exact) mass is 258 g/mol. The van der Waals surface area contributed by atoms with E-state index in [2.05, 4.69) is 16.4 Å². The van der Waals surface area contributed by atoms with Crippen LogP contribution in [0, 0.1) is 6.92 Å². The quantitative estimate of drug-likeness (QED) is 0.875. The molecule has 0 saturated carbocycles. The normalized spacial score (nSPS) is 12.4. The number of carbonyl (C=O) groups is 1. The van der Waals surface area contributed by atoms with Crippen LogP contribution in [0.15, 0.2) is 30.3 Å². The first-order chi connectivity index (χ1) is 9.04. The molecule has 1 aromatic carbocycles. The Balaban J connectivity index is 2.09. The molecule has 2 N–H and O–H groups in total. The molecule has 0 saturated heterocycles. The second-order valence-electron chi connectivity index (χ2n) is 4.83. The Morgan fingerprint density at radius 3 is 2.89 bits per heavy atom. The number of aliphatic hydroxyl groups is 1. The lowest BCUT2D eigenvalue weighted by Crippen LogP contribution is -2.31. The van der Waals surface area contributed by atoms with Crippen LogP contribution in [0.3, 0.4) is 0 Å². The average Bonchev–Trinajstić information content (AvgIpc) is 2.36. The first-order valence-corrected chi connectivity index (χ1v) is 6.35. The highest BCUT2D eigenvalue weighted by Gasteiger charge is 2.06. The van der Waals surface area contributed by atoms with E-state index in [0.29, 0.717) is 0 Å². The number of hydrogen-bond acceptors (Lipinski definition) is 3. The van der Waals surface area contributed by atoms with Crippen LogP contribution in [0.25, 0.3) is 10.9 Å². The Labute approximate surface area is 112 Å². The van der Waals surface area contributed by atoms with E-state index in [1.54, 1.807) is 6.92 Å². The summed E-state index contributed by atoms with van der Waals surface area (Å²) < 4.78 is 0. The molecule has 0 aliphatic rings. The molecular weight excluding hydrogens is 240 g/mol. The second-order valence-corrected chi connectivity index (χ2v) is 4.83. The van der Waals surface area contributed by atoms with Crippen LogP contribution < -0.4 is 5.32 Å². The lowest BCUT2D eigenvalue weighted by Gasteiger charge is -2.07. The molecule has 0 spiro atoms. The Morgan fingerprint density at radius 2 is 2.16 bits per heavy atom. The molecule has 19 heavy (non-hydrogen) atoms. The van der Waals surface area contributed by atoms with E-state index >= 15 is 0 Å². The van der Waals surface area contributed by atoms with Gasteiger partial charge in [-0.15, -0.1) is 0 Å². The molecule has 1 atom stereocenters. The fourth-order valence-corrected chi connectivity index (χ4v) is 1.87. The van der Waals surface area contributed by atoms with Gasteiger partial charge in [-0.2, -0.15) is 0 Å². The number of pyridine rings is 1. The van der Waals surface area contributed by atoms with Gasteiger partial charge in [0, 0.05) is 11.9 Å². The number of nitrogens with zero attached hydrogens (tertiary/aromatic N) is 1. The Hall–Kier alpha value is -1.94. The molecule has 100 valence electrons. The largest absolute Gasteiger partial charge is 0.392 e. The maximum atomic E-state index is 11.6. The van der Waals surface area contributed by atoms with Gasteiger partial charge in [0.1, 0.15) is 0 Å². The number of nitrogens with one attached hydrogen (secondary N) is 1. The van der Waals surface area contributed by atoms with Crippen LogP contribution in [0.5, 0.6) is 0 Å². The zero-order valence-corrected chi connectivity index (χ0v) is 11.2. The number of hydrogen-bond donors (Lipinski definition) is 2. The number of carbonyl (C=O) groups excluding carboxylic acids is 1. The van der Waals surface area contributed by atoms with E-state index in [1.807, 2.05) is 31.2 Å². The minimum Gasteiger partial charge on any atom is -0.392 e. The lowest BCUT2D eigenvalue weighted by molar-refractivity contribution is -0.120. The van der Waals surface area contributed by atoms with E-state index in [1.165, 1.54) is 5.56 Å². The summed E-state index contributed by atoms with van der Waals surface area (Å²) in [6.07, 6.45) is -0.298. The number of aromatic nitrogens is 1. The van der Waals surface area contributed by atoms with Crippen LogP contribution in [0.4, 0.5) is 0 Å². The Morgan fingerprint density at radius 1 is 1.37 bits per heavy atom. The van der Waals surface area contributed by atoms with Gasteiger partial charge in [-0.05, 0) is 32.0 Å². The zero-order chi connectivity index (χ0) is 13.8. The number of fused-ring (bicyclic) bond motifs is 1. The van der Waals surface area contributed by atoms with Crippen molar-refractivity contribution in [3.05, 3.63) is 41.6 Å². The molecule has 0 fully saturated rings. The third-order valence-corrected chi connectivity index (χ3v) is 2.84. The summed E-state index contributed by atoms with van der Waals surface area (Å²) in [6, 6.07) is 9.88. The van der Waals surface area contributed by atoms with Gasteiger partial charge in [-0.25, -0.2) is 0 Å².